The van der Waals surface area contributed by atoms with Crippen molar-refractivity contribution in [2.75, 3.05) is 0 Å². The predicted molar refractivity (Wildman–Crippen MR) is 80.7 cm³/mol. The minimum atomic E-state index is -1.85. The first-order valence-corrected chi connectivity index (χ1v) is 7.68. The van der Waals surface area contributed by atoms with Crippen LogP contribution in [0.4, 0.5) is 0 Å². The van der Waals surface area contributed by atoms with Gasteiger partial charge in [0.05, 0.1) is 5.92 Å². The highest BCUT2D eigenvalue weighted by molar-refractivity contribution is 6.07. The SMILES string of the molecule is C[C@]12C(=O)OC(=O)[C@]1(O)C1c3ccccc3C2c2ccccc21. The van der Waals surface area contributed by atoms with Crippen LogP contribution in [0, 0.1) is 5.41 Å². The summed E-state index contributed by atoms with van der Waals surface area (Å²) in [4.78, 5) is 25.0. The molecule has 1 N–H and O–H groups in total. The van der Waals surface area contributed by atoms with Crippen LogP contribution in [0.1, 0.15) is 41.0 Å². The lowest BCUT2D eigenvalue weighted by molar-refractivity contribution is -0.161. The zero-order valence-corrected chi connectivity index (χ0v) is 12.4. The van der Waals surface area contributed by atoms with Crippen molar-refractivity contribution in [3.8, 4) is 0 Å². The number of carbonyl (C=O) groups is 2. The molecule has 6 rings (SSSR count). The third-order valence-corrected chi connectivity index (χ3v) is 5.94. The van der Waals surface area contributed by atoms with Crippen LogP contribution in [0.5, 0.6) is 0 Å². The maximum absolute atomic E-state index is 12.6. The average Bonchev–Trinajstić information content (AvgIpc) is 2.75. The Labute approximate surface area is 132 Å². The molecule has 2 aromatic rings. The summed E-state index contributed by atoms with van der Waals surface area (Å²) in [5.74, 6) is -2.43. The smallest absolute Gasteiger partial charge is 0.348 e. The number of cyclic esters (lactones) is 2. The van der Waals surface area contributed by atoms with E-state index in [0.29, 0.717) is 0 Å². The van der Waals surface area contributed by atoms with Gasteiger partial charge < -0.3 is 9.84 Å². The number of carbonyl (C=O) groups excluding carboxylic acids is 2. The van der Waals surface area contributed by atoms with E-state index in [1.165, 1.54) is 0 Å². The van der Waals surface area contributed by atoms with Gasteiger partial charge in [-0.2, -0.15) is 0 Å². The number of ether oxygens (including phenoxy) is 1. The van der Waals surface area contributed by atoms with E-state index in [1.807, 2.05) is 48.5 Å². The van der Waals surface area contributed by atoms with Crippen molar-refractivity contribution in [3.63, 3.8) is 0 Å². The molecule has 0 radical (unpaired) electrons. The fourth-order valence-corrected chi connectivity index (χ4v) is 4.87. The van der Waals surface area contributed by atoms with Crippen molar-refractivity contribution < 1.29 is 19.4 Å². The van der Waals surface area contributed by atoms with Crippen molar-refractivity contribution in [1.29, 1.82) is 0 Å². The Bertz CT molecular complexity index is 782. The number of benzene rings is 2. The average molecular weight is 306 g/mol. The van der Waals surface area contributed by atoms with Crippen LogP contribution in [0.15, 0.2) is 48.5 Å². The van der Waals surface area contributed by atoms with Crippen LogP contribution >= 0.6 is 0 Å². The highest BCUT2D eigenvalue weighted by atomic mass is 16.6. The van der Waals surface area contributed by atoms with Crippen LogP contribution in [0.2, 0.25) is 0 Å². The molecule has 114 valence electrons. The maximum atomic E-state index is 12.6. The van der Waals surface area contributed by atoms with Crippen molar-refractivity contribution >= 4 is 11.9 Å². The quantitative estimate of drug-likeness (QED) is 0.598. The molecule has 3 aliphatic carbocycles. The minimum absolute atomic E-state index is 0.385. The van der Waals surface area contributed by atoms with Gasteiger partial charge in [0.2, 0.25) is 0 Å². The molecule has 0 aromatic heterocycles. The zero-order chi connectivity index (χ0) is 16.0. The van der Waals surface area contributed by atoms with Crippen molar-refractivity contribution in [2.24, 2.45) is 5.41 Å². The van der Waals surface area contributed by atoms with Crippen molar-refractivity contribution in [2.45, 2.75) is 24.4 Å². The number of hydrogen-bond acceptors (Lipinski definition) is 4. The van der Waals surface area contributed by atoms with Gasteiger partial charge in [-0.15, -0.1) is 0 Å². The van der Waals surface area contributed by atoms with Gasteiger partial charge in [0.1, 0.15) is 5.41 Å². The number of aliphatic hydroxyl groups is 1. The first kappa shape index (κ1) is 13.0. The van der Waals surface area contributed by atoms with Gasteiger partial charge in [0, 0.05) is 5.92 Å². The van der Waals surface area contributed by atoms with Crippen LogP contribution in [0.3, 0.4) is 0 Å². The molecular weight excluding hydrogens is 292 g/mol. The third-order valence-electron chi connectivity index (χ3n) is 5.94. The van der Waals surface area contributed by atoms with Gasteiger partial charge >= 0.3 is 11.9 Å². The fourth-order valence-electron chi connectivity index (χ4n) is 4.87. The summed E-state index contributed by atoms with van der Waals surface area (Å²) < 4.78 is 4.93. The molecular formula is C19H14O4. The summed E-state index contributed by atoms with van der Waals surface area (Å²) in [5, 5.41) is 11.4. The summed E-state index contributed by atoms with van der Waals surface area (Å²) in [6.45, 7) is 1.66. The van der Waals surface area contributed by atoms with Gasteiger partial charge in [0.15, 0.2) is 5.60 Å². The Hall–Kier alpha value is -2.46. The lowest BCUT2D eigenvalue weighted by Crippen LogP contribution is -2.62. The minimum Gasteiger partial charge on any atom is -0.390 e. The standard InChI is InChI=1S/C19H14O4/c1-18-14-10-6-2-4-8-12(10)15(13-9-5-3-7-11(13)14)19(18,22)17(21)23-16(18)20/h2-9,14-15,22H,1H3/t14?,15?,18-,19+/m0/s1. The number of esters is 2. The molecule has 1 saturated heterocycles. The molecule has 4 aliphatic rings. The second-order valence-electron chi connectivity index (χ2n) is 6.77. The highest BCUT2D eigenvalue weighted by Crippen LogP contribution is 2.68. The Morgan fingerprint density at radius 1 is 0.826 bits per heavy atom. The topological polar surface area (TPSA) is 63.6 Å². The predicted octanol–water partition coefficient (Wildman–Crippen LogP) is 2.10. The summed E-state index contributed by atoms with van der Waals surface area (Å²) in [6, 6.07) is 15.4. The molecule has 2 aromatic carbocycles. The molecule has 1 heterocycles. The molecule has 23 heavy (non-hydrogen) atoms. The largest absolute Gasteiger partial charge is 0.390 e. The van der Waals surface area contributed by atoms with E-state index in [0.717, 1.165) is 22.3 Å². The van der Waals surface area contributed by atoms with Crippen molar-refractivity contribution in [3.05, 3.63) is 70.8 Å². The Morgan fingerprint density at radius 2 is 1.26 bits per heavy atom. The Balaban J connectivity index is 1.97. The zero-order valence-electron chi connectivity index (χ0n) is 12.4. The van der Waals surface area contributed by atoms with E-state index in [4.69, 9.17) is 4.74 Å². The normalized spacial score (nSPS) is 36.3. The second kappa shape index (κ2) is 3.71. The number of hydrogen-bond donors (Lipinski definition) is 1. The molecule has 0 amide bonds. The van der Waals surface area contributed by atoms with E-state index in [1.54, 1.807) is 6.92 Å². The molecule has 0 saturated carbocycles. The fraction of sp³-hybridized carbons (Fsp3) is 0.263. The molecule has 2 atom stereocenters. The monoisotopic (exact) mass is 306 g/mol. The van der Waals surface area contributed by atoms with Gasteiger partial charge in [0.25, 0.3) is 0 Å². The second-order valence-corrected chi connectivity index (χ2v) is 6.77. The Kier molecular flexibility index (Phi) is 2.10. The summed E-state index contributed by atoms with van der Waals surface area (Å²) >= 11 is 0. The summed E-state index contributed by atoms with van der Waals surface area (Å²) in [6.07, 6.45) is 0. The molecule has 1 fully saturated rings. The molecule has 0 spiro atoms. The van der Waals surface area contributed by atoms with Crippen LogP contribution in [-0.2, 0) is 14.3 Å². The van der Waals surface area contributed by atoms with E-state index in [2.05, 4.69) is 0 Å². The van der Waals surface area contributed by atoms with Gasteiger partial charge in [-0.3, -0.25) is 4.79 Å². The Morgan fingerprint density at radius 3 is 1.74 bits per heavy atom. The highest BCUT2D eigenvalue weighted by Gasteiger charge is 2.77. The first-order valence-electron chi connectivity index (χ1n) is 7.68. The van der Waals surface area contributed by atoms with Gasteiger partial charge in [-0.1, -0.05) is 48.5 Å². The van der Waals surface area contributed by atoms with Crippen LogP contribution in [0.25, 0.3) is 0 Å². The molecule has 4 nitrogen and oxygen atoms in total. The first-order chi connectivity index (χ1) is 11.0. The van der Waals surface area contributed by atoms with Crippen molar-refractivity contribution in [1.82, 2.24) is 0 Å². The lowest BCUT2D eigenvalue weighted by Gasteiger charge is -2.54. The number of rotatable bonds is 0. The molecule has 0 unspecified atom stereocenters. The third kappa shape index (κ3) is 1.14. The lowest BCUT2D eigenvalue weighted by atomic mass is 9.46. The van der Waals surface area contributed by atoms with Crippen LogP contribution in [-0.4, -0.2) is 22.6 Å². The van der Waals surface area contributed by atoms with Crippen LogP contribution < -0.4 is 0 Å². The van der Waals surface area contributed by atoms with Gasteiger partial charge in [-0.05, 0) is 29.2 Å². The molecule has 2 bridgehead atoms. The summed E-state index contributed by atoms with van der Waals surface area (Å²) in [7, 11) is 0. The van der Waals surface area contributed by atoms with E-state index in [9.17, 15) is 14.7 Å². The van der Waals surface area contributed by atoms with E-state index < -0.39 is 28.9 Å². The van der Waals surface area contributed by atoms with E-state index in [-0.39, 0.29) is 5.92 Å². The molecule has 1 aliphatic heterocycles. The van der Waals surface area contributed by atoms with Gasteiger partial charge in [-0.25, -0.2) is 4.79 Å². The van der Waals surface area contributed by atoms with E-state index >= 15 is 0 Å². The maximum Gasteiger partial charge on any atom is 0.348 e. The summed E-state index contributed by atoms with van der Waals surface area (Å²) in [5.41, 5.74) is 0.658. The molecule has 4 heteroatoms.